The molecule has 0 unspecified atom stereocenters. The number of hydrogen-bond acceptors (Lipinski definition) is 7. The van der Waals surface area contributed by atoms with Crippen LogP contribution in [0.1, 0.15) is 11.3 Å². The van der Waals surface area contributed by atoms with Crippen LogP contribution in [-0.4, -0.2) is 39.8 Å². The fourth-order valence-electron chi connectivity index (χ4n) is 4.45. The molecule has 0 atom stereocenters. The molecule has 7 aromatic rings. The monoisotopic (exact) mass is 500 g/mol. The third-order valence-corrected chi connectivity index (χ3v) is 7.34. The van der Waals surface area contributed by atoms with Crippen LogP contribution in [0, 0.1) is 13.8 Å². The summed E-state index contributed by atoms with van der Waals surface area (Å²) in [5, 5.41) is 24.3. The minimum absolute atomic E-state index is 0.568. The molecule has 0 fully saturated rings. The van der Waals surface area contributed by atoms with Crippen molar-refractivity contribution >= 4 is 27.2 Å². The van der Waals surface area contributed by atoms with Crippen molar-refractivity contribution in [2.75, 3.05) is 0 Å². The molecule has 37 heavy (non-hydrogen) atoms. The van der Waals surface area contributed by atoms with Crippen LogP contribution in [0.4, 0.5) is 0 Å². The van der Waals surface area contributed by atoms with E-state index in [1.165, 1.54) is 16.9 Å². The van der Waals surface area contributed by atoms with Crippen LogP contribution < -0.4 is 0 Å². The molecule has 4 aromatic heterocycles. The molecule has 0 bridgehead atoms. The molecule has 0 N–H and O–H groups in total. The van der Waals surface area contributed by atoms with E-state index in [-0.39, 0.29) is 0 Å². The summed E-state index contributed by atoms with van der Waals surface area (Å²) in [4.78, 5) is 5.60. The van der Waals surface area contributed by atoms with Gasteiger partial charge in [-0.05, 0) is 44.2 Å². The minimum atomic E-state index is 0.568. The second-order valence-electron chi connectivity index (χ2n) is 8.83. The lowest BCUT2D eigenvalue weighted by Gasteiger charge is -2.06. The highest BCUT2D eigenvalue weighted by atomic mass is 32.1. The Balaban J connectivity index is 1.30. The molecule has 7 rings (SSSR count). The largest absolute Gasteiger partial charge is 0.248 e. The first-order valence-electron chi connectivity index (χ1n) is 11.8. The number of pyridine rings is 1. The normalized spacial score (nSPS) is 11.5. The molecule has 0 saturated heterocycles. The molecular formula is C28H20N8S. The number of hydrogen-bond donors (Lipinski definition) is 0. The molecule has 8 nitrogen and oxygen atoms in total. The van der Waals surface area contributed by atoms with Gasteiger partial charge in [0.15, 0.2) is 5.69 Å². The highest BCUT2D eigenvalue weighted by Gasteiger charge is 2.21. The van der Waals surface area contributed by atoms with Gasteiger partial charge < -0.3 is 0 Å². The predicted octanol–water partition coefficient (Wildman–Crippen LogP) is 5.93. The first-order valence-corrected chi connectivity index (χ1v) is 12.6. The van der Waals surface area contributed by atoms with Crippen molar-refractivity contribution in [2.24, 2.45) is 0 Å². The zero-order valence-corrected chi connectivity index (χ0v) is 20.9. The maximum Gasteiger partial charge on any atom is 0.235 e. The maximum absolute atomic E-state index is 4.91. The number of aryl methyl sites for hydroxylation is 1. The van der Waals surface area contributed by atoms with Gasteiger partial charge in [0.2, 0.25) is 10.8 Å². The molecule has 0 aliphatic rings. The molecule has 3 aromatic carbocycles. The van der Waals surface area contributed by atoms with Crippen LogP contribution in [0.5, 0.6) is 0 Å². The van der Waals surface area contributed by atoms with Crippen LogP contribution in [-0.2, 0) is 0 Å². The summed E-state index contributed by atoms with van der Waals surface area (Å²) in [6, 6.07) is 28.6. The molecular weight excluding hydrogens is 480 g/mol. The van der Waals surface area contributed by atoms with E-state index in [1.807, 2.05) is 54.1 Å². The number of nitrogens with zero attached hydrogens (tertiary/aromatic N) is 8. The van der Waals surface area contributed by atoms with Crippen LogP contribution in [0.25, 0.3) is 54.9 Å². The van der Waals surface area contributed by atoms with Gasteiger partial charge in [-0.25, -0.2) is 9.67 Å². The number of fused-ring (bicyclic) bond motifs is 2. The van der Waals surface area contributed by atoms with Crippen molar-refractivity contribution in [3.05, 3.63) is 96.2 Å². The smallest absolute Gasteiger partial charge is 0.235 e. The van der Waals surface area contributed by atoms with Crippen LogP contribution in [0.3, 0.4) is 0 Å². The highest BCUT2D eigenvalue weighted by Crippen LogP contribution is 2.34. The quantitative estimate of drug-likeness (QED) is 0.298. The Hall–Kier alpha value is -4.76. The first-order chi connectivity index (χ1) is 18.2. The molecule has 0 saturated carbocycles. The Morgan fingerprint density at radius 3 is 2.43 bits per heavy atom. The van der Waals surface area contributed by atoms with Crippen LogP contribution >= 0.6 is 11.3 Å². The van der Waals surface area contributed by atoms with Crippen LogP contribution in [0.15, 0.2) is 84.9 Å². The second-order valence-corrected chi connectivity index (χ2v) is 9.79. The Morgan fingerprint density at radius 2 is 1.59 bits per heavy atom. The summed E-state index contributed by atoms with van der Waals surface area (Å²) in [6.07, 6.45) is 0. The Morgan fingerprint density at radius 1 is 0.757 bits per heavy atom. The molecule has 0 radical (unpaired) electrons. The van der Waals surface area contributed by atoms with E-state index in [4.69, 9.17) is 10.1 Å². The van der Waals surface area contributed by atoms with Gasteiger partial charge in [0.25, 0.3) is 0 Å². The minimum Gasteiger partial charge on any atom is -0.248 e. The molecule has 4 heterocycles. The SMILES string of the molecule is Cc1ccc(-n2nnc(-c3nnc4sc(-c5cccc6nc(-c7ccccc7)ccc56)nn34)c2C)cc1. The summed E-state index contributed by atoms with van der Waals surface area (Å²) in [5.41, 5.74) is 7.61. The topological polar surface area (TPSA) is 86.7 Å². The summed E-state index contributed by atoms with van der Waals surface area (Å²) in [6.45, 7) is 4.04. The van der Waals surface area contributed by atoms with Gasteiger partial charge in [0, 0.05) is 16.5 Å². The fraction of sp³-hybridized carbons (Fsp3) is 0.0714. The van der Waals surface area contributed by atoms with Gasteiger partial charge in [-0.3, -0.25) is 0 Å². The van der Waals surface area contributed by atoms with Gasteiger partial charge in [-0.2, -0.15) is 9.61 Å². The molecule has 178 valence electrons. The average molecular weight is 501 g/mol. The predicted molar refractivity (Wildman–Crippen MR) is 145 cm³/mol. The summed E-state index contributed by atoms with van der Waals surface area (Å²) in [5.74, 6) is 0.568. The third-order valence-electron chi connectivity index (χ3n) is 6.41. The van der Waals surface area contributed by atoms with E-state index in [0.717, 1.165) is 44.1 Å². The first kappa shape index (κ1) is 21.5. The Labute approximate surface area is 215 Å². The highest BCUT2D eigenvalue weighted by molar-refractivity contribution is 7.20. The molecule has 0 aliphatic heterocycles. The standard InChI is InChI=1S/C28H20N8S/c1-17-11-13-20(14-12-17)35-18(2)25(30-34-35)26-31-32-28-36(26)33-27(37-28)22-9-6-10-24-21(22)15-16-23(29-24)19-7-4-3-5-8-19/h3-16H,1-2H3. The van der Waals surface area contributed by atoms with E-state index < -0.39 is 0 Å². The van der Waals surface area contributed by atoms with Crippen molar-refractivity contribution in [3.63, 3.8) is 0 Å². The van der Waals surface area contributed by atoms with Gasteiger partial charge in [0.05, 0.1) is 22.6 Å². The third kappa shape index (κ3) is 3.59. The van der Waals surface area contributed by atoms with Crippen LogP contribution in [0.2, 0.25) is 0 Å². The van der Waals surface area contributed by atoms with Gasteiger partial charge in [-0.15, -0.1) is 15.3 Å². The van der Waals surface area contributed by atoms with Crippen molar-refractivity contribution in [1.29, 1.82) is 0 Å². The lowest BCUT2D eigenvalue weighted by Crippen LogP contribution is -1.99. The summed E-state index contributed by atoms with van der Waals surface area (Å²) in [7, 11) is 0. The van der Waals surface area contributed by atoms with Gasteiger partial charge in [-0.1, -0.05) is 76.7 Å². The lowest BCUT2D eigenvalue weighted by molar-refractivity contribution is 0.785. The molecule has 9 heteroatoms. The van der Waals surface area contributed by atoms with E-state index in [9.17, 15) is 0 Å². The van der Waals surface area contributed by atoms with E-state index in [0.29, 0.717) is 16.5 Å². The fourth-order valence-corrected chi connectivity index (χ4v) is 5.33. The van der Waals surface area contributed by atoms with Crippen molar-refractivity contribution in [2.45, 2.75) is 13.8 Å². The summed E-state index contributed by atoms with van der Waals surface area (Å²) < 4.78 is 3.56. The summed E-state index contributed by atoms with van der Waals surface area (Å²) >= 11 is 1.49. The number of benzene rings is 3. The second kappa shape index (κ2) is 8.42. The average Bonchev–Trinajstić information content (AvgIpc) is 3.63. The molecule has 0 spiro atoms. The maximum atomic E-state index is 4.91. The zero-order chi connectivity index (χ0) is 24.9. The lowest BCUT2D eigenvalue weighted by atomic mass is 10.1. The van der Waals surface area contributed by atoms with E-state index in [1.54, 1.807) is 4.52 Å². The molecule has 0 amide bonds. The Bertz CT molecular complexity index is 1900. The Kier molecular flexibility index (Phi) is 4.90. The van der Waals surface area contributed by atoms with E-state index >= 15 is 0 Å². The van der Waals surface area contributed by atoms with Gasteiger partial charge in [0.1, 0.15) is 5.01 Å². The van der Waals surface area contributed by atoms with Gasteiger partial charge >= 0.3 is 0 Å². The van der Waals surface area contributed by atoms with E-state index in [2.05, 4.69) is 69.9 Å². The number of aromatic nitrogens is 8. The van der Waals surface area contributed by atoms with Crippen molar-refractivity contribution in [3.8, 4) is 39.0 Å². The zero-order valence-electron chi connectivity index (χ0n) is 20.1. The number of rotatable bonds is 4. The van der Waals surface area contributed by atoms with Crippen molar-refractivity contribution < 1.29 is 0 Å². The van der Waals surface area contributed by atoms with Crippen molar-refractivity contribution in [1.82, 2.24) is 39.8 Å². The molecule has 0 aliphatic carbocycles.